The summed E-state index contributed by atoms with van der Waals surface area (Å²) in [4.78, 5) is 21.4. The molecule has 2 heterocycles. The maximum absolute atomic E-state index is 13.5. The molecule has 166 valence electrons. The first kappa shape index (κ1) is 21.6. The third kappa shape index (κ3) is 4.12. The molecule has 0 aliphatic heterocycles. The van der Waals surface area contributed by atoms with Crippen molar-refractivity contribution in [1.29, 1.82) is 0 Å². The van der Waals surface area contributed by atoms with Gasteiger partial charge >= 0.3 is 6.18 Å². The van der Waals surface area contributed by atoms with E-state index in [9.17, 15) is 18.0 Å². The molecular formula is C24H15ClF3N3OS. The molecule has 9 heteroatoms. The fraction of sp³-hybridized carbons (Fsp3) is 0.0833. The van der Waals surface area contributed by atoms with E-state index < -0.39 is 11.7 Å². The van der Waals surface area contributed by atoms with Crippen LogP contribution in [0.5, 0.6) is 0 Å². The van der Waals surface area contributed by atoms with Crippen LogP contribution in [0, 0.1) is 0 Å². The lowest BCUT2D eigenvalue weighted by Crippen LogP contribution is -2.21. The van der Waals surface area contributed by atoms with Gasteiger partial charge in [-0.1, -0.05) is 59.8 Å². The zero-order valence-electron chi connectivity index (χ0n) is 16.9. The number of alkyl halides is 3. The van der Waals surface area contributed by atoms with Gasteiger partial charge in [0.15, 0.2) is 5.16 Å². The van der Waals surface area contributed by atoms with Crippen molar-refractivity contribution >= 4 is 45.3 Å². The number of rotatable bonds is 4. The number of H-pyrrole nitrogens is 1. The smallest absolute Gasteiger partial charge is 0.349 e. The number of halogens is 4. The van der Waals surface area contributed by atoms with E-state index in [4.69, 9.17) is 16.6 Å². The second kappa shape index (κ2) is 8.28. The maximum atomic E-state index is 13.5. The molecule has 5 aromatic rings. The van der Waals surface area contributed by atoms with E-state index in [1.165, 1.54) is 22.4 Å². The van der Waals surface area contributed by atoms with Gasteiger partial charge in [0.2, 0.25) is 0 Å². The highest BCUT2D eigenvalue weighted by atomic mass is 35.5. The number of hydrogen-bond acceptors (Lipinski definition) is 3. The molecule has 0 fully saturated rings. The summed E-state index contributed by atoms with van der Waals surface area (Å²) in [5, 5.41) is 1.69. The van der Waals surface area contributed by atoms with E-state index in [-0.39, 0.29) is 11.3 Å². The van der Waals surface area contributed by atoms with Gasteiger partial charge in [0.05, 0.1) is 11.3 Å². The van der Waals surface area contributed by atoms with Crippen molar-refractivity contribution in [1.82, 2.24) is 14.5 Å². The second-order valence-electron chi connectivity index (χ2n) is 7.39. The summed E-state index contributed by atoms with van der Waals surface area (Å²) in [5.74, 6) is 0.206. The molecule has 5 rings (SSSR count). The van der Waals surface area contributed by atoms with Gasteiger partial charge in [-0.05, 0) is 42.0 Å². The monoisotopic (exact) mass is 485 g/mol. The first-order valence-electron chi connectivity index (χ1n) is 9.89. The highest BCUT2D eigenvalue weighted by Gasteiger charge is 2.30. The van der Waals surface area contributed by atoms with Crippen molar-refractivity contribution in [2.24, 2.45) is 0 Å². The summed E-state index contributed by atoms with van der Waals surface area (Å²) in [6.07, 6.45) is -4.42. The molecule has 3 aromatic carbocycles. The number of para-hydroxylation sites is 1. The molecular weight excluding hydrogens is 471 g/mol. The van der Waals surface area contributed by atoms with E-state index in [0.29, 0.717) is 32.5 Å². The lowest BCUT2D eigenvalue weighted by atomic mass is 10.1. The van der Waals surface area contributed by atoms with Crippen LogP contribution in [0.25, 0.3) is 27.6 Å². The number of fused-ring (bicyclic) bond motifs is 3. The first-order chi connectivity index (χ1) is 15.8. The van der Waals surface area contributed by atoms with Crippen molar-refractivity contribution < 1.29 is 13.2 Å². The number of nitrogens with one attached hydrogen (secondary N) is 1. The summed E-state index contributed by atoms with van der Waals surface area (Å²) in [5.41, 5.74) is 1.68. The van der Waals surface area contributed by atoms with Crippen molar-refractivity contribution in [3.05, 3.63) is 99.3 Å². The van der Waals surface area contributed by atoms with E-state index in [0.717, 1.165) is 23.0 Å². The minimum Gasteiger partial charge on any atom is -0.349 e. The predicted octanol–water partition coefficient (Wildman–Crippen LogP) is 6.83. The van der Waals surface area contributed by atoms with Crippen LogP contribution in [-0.4, -0.2) is 14.5 Å². The summed E-state index contributed by atoms with van der Waals surface area (Å²) in [7, 11) is 0. The molecule has 4 nitrogen and oxygen atoms in total. The average Bonchev–Trinajstić information content (AvgIpc) is 3.17. The summed E-state index contributed by atoms with van der Waals surface area (Å²) in [6, 6.07) is 19.3. The van der Waals surface area contributed by atoms with Gasteiger partial charge in [-0.3, -0.25) is 9.36 Å². The van der Waals surface area contributed by atoms with Crippen LogP contribution in [0.15, 0.2) is 82.7 Å². The van der Waals surface area contributed by atoms with Crippen molar-refractivity contribution in [2.45, 2.75) is 17.1 Å². The molecule has 33 heavy (non-hydrogen) atoms. The molecule has 0 bridgehead atoms. The van der Waals surface area contributed by atoms with Crippen LogP contribution in [0.4, 0.5) is 13.2 Å². The molecule has 0 unspecified atom stereocenters. The quantitative estimate of drug-likeness (QED) is 0.224. The standard InChI is InChI=1S/C24H15ClF3N3OS/c25-16-8-10-17(11-9-16)31-22(32)21-20(18-6-1-2-7-19(18)29-21)30-23(31)33-13-14-4-3-5-15(12-14)24(26,27)28/h1-12,29H,13H2. The van der Waals surface area contributed by atoms with E-state index in [2.05, 4.69) is 4.98 Å². The topological polar surface area (TPSA) is 50.7 Å². The average molecular weight is 486 g/mol. The van der Waals surface area contributed by atoms with Gasteiger partial charge in [0.25, 0.3) is 5.56 Å². The Labute approximate surface area is 195 Å². The molecule has 2 aromatic heterocycles. The maximum Gasteiger partial charge on any atom is 0.416 e. The van der Waals surface area contributed by atoms with Gasteiger partial charge in [0.1, 0.15) is 11.0 Å². The molecule has 0 radical (unpaired) electrons. The van der Waals surface area contributed by atoms with E-state index in [1.54, 1.807) is 30.3 Å². The Kier molecular flexibility index (Phi) is 5.42. The van der Waals surface area contributed by atoms with Crippen molar-refractivity contribution in [3.63, 3.8) is 0 Å². The van der Waals surface area contributed by atoms with Crippen LogP contribution in [0.2, 0.25) is 5.02 Å². The Morgan fingerprint density at radius 3 is 2.52 bits per heavy atom. The Morgan fingerprint density at radius 1 is 1.00 bits per heavy atom. The van der Waals surface area contributed by atoms with Crippen LogP contribution in [0.1, 0.15) is 11.1 Å². The minimum absolute atomic E-state index is 0.206. The van der Waals surface area contributed by atoms with Gasteiger partial charge in [-0.15, -0.1) is 0 Å². The fourth-order valence-electron chi connectivity index (χ4n) is 3.64. The SMILES string of the molecule is O=c1c2[nH]c3ccccc3c2nc(SCc2cccc(C(F)(F)F)c2)n1-c1ccc(Cl)cc1. The largest absolute Gasteiger partial charge is 0.416 e. The lowest BCUT2D eigenvalue weighted by Gasteiger charge is -2.13. The Hall–Kier alpha value is -3.23. The number of thioether (sulfide) groups is 1. The fourth-order valence-corrected chi connectivity index (χ4v) is 4.72. The second-order valence-corrected chi connectivity index (χ2v) is 8.77. The number of hydrogen-bond donors (Lipinski definition) is 1. The molecule has 0 atom stereocenters. The van der Waals surface area contributed by atoms with Gasteiger partial charge in [-0.25, -0.2) is 4.98 Å². The first-order valence-corrected chi connectivity index (χ1v) is 11.3. The number of aromatic amines is 1. The van der Waals surface area contributed by atoms with Crippen LogP contribution < -0.4 is 5.56 Å². The molecule has 0 amide bonds. The number of benzene rings is 3. The van der Waals surface area contributed by atoms with Crippen LogP contribution in [0.3, 0.4) is 0 Å². The molecule has 0 aliphatic rings. The molecule has 0 spiro atoms. The molecule has 0 aliphatic carbocycles. The molecule has 1 N–H and O–H groups in total. The zero-order chi connectivity index (χ0) is 23.2. The molecule has 0 saturated heterocycles. The van der Waals surface area contributed by atoms with Gasteiger partial charge < -0.3 is 4.98 Å². The Bertz CT molecular complexity index is 1540. The molecule has 0 saturated carbocycles. The van der Waals surface area contributed by atoms with Gasteiger partial charge in [-0.2, -0.15) is 13.2 Å². The van der Waals surface area contributed by atoms with Crippen molar-refractivity contribution in [2.75, 3.05) is 0 Å². The highest BCUT2D eigenvalue weighted by molar-refractivity contribution is 7.98. The van der Waals surface area contributed by atoms with Crippen molar-refractivity contribution in [3.8, 4) is 5.69 Å². The summed E-state index contributed by atoms with van der Waals surface area (Å²) < 4.78 is 40.8. The van der Waals surface area contributed by atoms with E-state index in [1.807, 2.05) is 24.3 Å². The predicted molar refractivity (Wildman–Crippen MR) is 125 cm³/mol. The summed E-state index contributed by atoms with van der Waals surface area (Å²) >= 11 is 7.21. The third-order valence-electron chi connectivity index (χ3n) is 5.20. The highest BCUT2D eigenvalue weighted by Crippen LogP contribution is 2.32. The van der Waals surface area contributed by atoms with E-state index >= 15 is 0 Å². The lowest BCUT2D eigenvalue weighted by molar-refractivity contribution is -0.137. The van der Waals surface area contributed by atoms with Crippen LogP contribution >= 0.6 is 23.4 Å². The minimum atomic E-state index is -4.42. The normalized spacial score (nSPS) is 12.0. The van der Waals surface area contributed by atoms with Gasteiger partial charge in [0, 0.05) is 21.7 Å². The summed E-state index contributed by atoms with van der Waals surface area (Å²) in [6.45, 7) is 0. The van der Waals surface area contributed by atoms with Crippen LogP contribution in [-0.2, 0) is 11.9 Å². The Morgan fingerprint density at radius 2 is 1.76 bits per heavy atom. The third-order valence-corrected chi connectivity index (χ3v) is 6.46. The number of aromatic nitrogens is 3. The zero-order valence-corrected chi connectivity index (χ0v) is 18.4. The Balaban J connectivity index is 1.64. The number of nitrogens with zero attached hydrogens (tertiary/aromatic N) is 2.